The number of alkyl halides is 1. The molecule has 4 nitrogen and oxygen atoms in total. The first-order valence-electron chi connectivity index (χ1n) is 4.85. The second kappa shape index (κ2) is 3.08. The minimum Gasteiger partial charge on any atom is -0.464 e. The molecule has 5 atom stereocenters. The summed E-state index contributed by atoms with van der Waals surface area (Å²) in [5, 5.41) is 0. The van der Waals surface area contributed by atoms with Crippen molar-refractivity contribution in [2.45, 2.75) is 30.8 Å². The second-order valence-corrected chi connectivity index (χ2v) is 4.28. The van der Waals surface area contributed by atoms with E-state index in [4.69, 9.17) is 25.8 Å². The molecule has 3 saturated heterocycles. The van der Waals surface area contributed by atoms with Gasteiger partial charge in [-0.05, 0) is 6.42 Å². The molecule has 0 saturated carbocycles. The molecule has 3 fully saturated rings. The number of carbonyl (C=O) groups excluding carboxylic acids is 1. The highest BCUT2D eigenvalue weighted by atomic mass is 35.5. The van der Waals surface area contributed by atoms with Gasteiger partial charge in [-0.1, -0.05) is 0 Å². The predicted molar refractivity (Wildman–Crippen MR) is 47.1 cm³/mol. The molecule has 5 heteroatoms. The van der Waals surface area contributed by atoms with Crippen LogP contribution in [-0.4, -0.2) is 42.9 Å². The van der Waals surface area contributed by atoms with E-state index in [0.717, 1.165) is 6.42 Å². The van der Waals surface area contributed by atoms with Crippen molar-refractivity contribution in [1.29, 1.82) is 0 Å². The van der Waals surface area contributed by atoms with Crippen molar-refractivity contribution in [2.24, 2.45) is 5.92 Å². The van der Waals surface area contributed by atoms with Crippen LogP contribution in [0.5, 0.6) is 0 Å². The number of epoxide rings is 1. The van der Waals surface area contributed by atoms with E-state index < -0.39 is 0 Å². The third-order valence-corrected chi connectivity index (χ3v) is 3.24. The first kappa shape index (κ1) is 8.95. The van der Waals surface area contributed by atoms with E-state index in [2.05, 4.69) is 0 Å². The minimum atomic E-state index is -0.188. The van der Waals surface area contributed by atoms with Crippen LogP contribution in [0.1, 0.15) is 6.42 Å². The molecule has 14 heavy (non-hydrogen) atoms. The molecule has 3 heterocycles. The standard InChI is InChI=1S/C9H11ClO4/c10-1-2-12-9(11)4-3-5-7-8(14-7)6(4)13-5/h4-8H,1-3H2/t4-,5+,6+,7+,8-/m1/s1. The highest BCUT2D eigenvalue weighted by Gasteiger charge is 2.66. The summed E-state index contributed by atoms with van der Waals surface area (Å²) in [4.78, 5) is 11.5. The zero-order chi connectivity index (χ0) is 9.71. The van der Waals surface area contributed by atoms with Crippen molar-refractivity contribution in [1.82, 2.24) is 0 Å². The molecule has 0 N–H and O–H groups in total. The average molecular weight is 219 g/mol. The monoisotopic (exact) mass is 218 g/mol. The highest BCUT2D eigenvalue weighted by Crippen LogP contribution is 2.51. The summed E-state index contributed by atoms with van der Waals surface area (Å²) in [6.45, 7) is 0.281. The number of carbonyl (C=O) groups is 1. The van der Waals surface area contributed by atoms with Gasteiger partial charge in [0, 0.05) is 0 Å². The molecule has 0 aromatic heterocycles. The Kier molecular flexibility index (Phi) is 1.97. The molecule has 78 valence electrons. The number of hydrogen-bond donors (Lipinski definition) is 0. The van der Waals surface area contributed by atoms with Gasteiger partial charge in [0.15, 0.2) is 0 Å². The van der Waals surface area contributed by atoms with Gasteiger partial charge < -0.3 is 14.2 Å². The summed E-state index contributed by atoms with van der Waals surface area (Å²) < 4.78 is 15.9. The Balaban J connectivity index is 1.61. The SMILES string of the molecule is O=C(OCCCl)[C@@H]1C[C@@H]2O[C@@H]1[C@H]1O[C@H]12. The van der Waals surface area contributed by atoms with Gasteiger partial charge >= 0.3 is 5.97 Å². The topological polar surface area (TPSA) is 48.1 Å². The normalized spacial score (nSPS) is 47.6. The third-order valence-electron chi connectivity index (χ3n) is 3.09. The Labute approximate surface area is 86.4 Å². The van der Waals surface area contributed by atoms with Gasteiger partial charge in [-0.3, -0.25) is 4.79 Å². The summed E-state index contributed by atoms with van der Waals surface area (Å²) in [6.07, 6.45) is 1.22. The number of halogens is 1. The first-order chi connectivity index (χ1) is 6.81. The Hall–Kier alpha value is -0.320. The van der Waals surface area contributed by atoms with Gasteiger partial charge in [0.2, 0.25) is 0 Å². The molecule has 3 aliphatic heterocycles. The van der Waals surface area contributed by atoms with Crippen LogP contribution in [0, 0.1) is 5.92 Å². The predicted octanol–water partition coefficient (Wildman–Crippen LogP) is 0.323. The third kappa shape index (κ3) is 1.17. The van der Waals surface area contributed by atoms with Gasteiger partial charge in [0.1, 0.15) is 24.9 Å². The molecule has 0 aromatic rings. The van der Waals surface area contributed by atoms with E-state index in [1.54, 1.807) is 0 Å². The molecule has 0 unspecified atom stereocenters. The fourth-order valence-corrected chi connectivity index (χ4v) is 2.51. The lowest BCUT2D eigenvalue weighted by atomic mass is 9.89. The molecule has 3 rings (SSSR count). The maximum absolute atomic E-state index is 11.5. The summed E-state index contributed by atoms with van der Waals surface area (Å²) in [5.74, 6) is 0.0229. The Morgan fingerprint density at radius 3 is 2.86 bits per heavy atom. The molecule has 0 amide bonds. The minimum absolute atomic E-state index is 0.0622. The molecule has 0 aromatic carbocycles. The molecule has 3 aliphatic rings. The number of esters is 1. The van der Waals surface area contributed by atoms with Crippen LogP contribution < -0.4 is 0 Å². The maximum atomic E-state index is 11.5. The van der Waals surface area contributed by atoms with Crippen LogP contribution >= 0.6 is 11.6 Å². The lowest BCUT2D eigenvalue weighted by Gasteiger charge is -2.14. The molecule has 0 spiro atoms. The van der Waals surface area contributed by atoms with Gasteiger partial charge in [0.05, 0.1) is 17.9 Å². The number of hydrogen-bond acceptors (Lipinski definition) is 4. The van der Waals surface area contributed by atoms with Crippen LogP contribution in [0.15, 0.2) is 0 Å². The smallest absolute Gasteiger partial charge is 0.311 e. The van der Waals surface area contributed by atoms with E-state index in [0.29, 0.717) is 5.88 Å². The Bertz CT molecular complexity index is 270. The molecule has 0 aliphatic carbocycles. The van der Waals surface area contributed by atoms with Crippen LogP contribution in [0.4, 0.5) is 0 Å². The maximum Gasteiger partial charge on any atom is 0.311 e. The number of rotatable bonds is 3. The van der Waals surface area contributed by atoms with Crippen molar-refractivity contribution in [3.05, 3.63) is 0 Å². The summed E-state index contributed by atoms with van der Waals surface area (Å²) in [5.41, 5.74) is 0. The van der Waals surface area contributed by atoms with Crippen LogP contribution in [0.2, 0.25) is 0 Å². The molecule has 2 bridgehead atoms. The van der Waals surface area contributed by atoms with Crippen molar-refractivity contribution in [2.75, 3.05) is 12.5 Å². The molecular weight excluding hydrogens is 208 g/mol. The Morgan fingerprint density at radius 2 is 2.21 bits per heavy atom. The van der Waals surface area contributed by atoms with E-state index in [1.807, 2.05) is 0 Å². The van der Waals surface area contributed by atoms with E-state index in [9.17, 15) is 4.79 Å². The fourth-order valence-electron chi connectivity index (χ4n) is 2.43. The van der Waals surface area contributed by atoms with Crippen molar-refractivity contribution in [3.63, 3.8) is 0 Å². The first-order valence-corrected chi connectivity index (χ1v) is 5.38. The average Bonchev–Trinajstić information content (AvgIpc) is 2.81. The van der Waals surface area contributed by atoms with Crippen molar-refractivity contribution in [3.8, 4) is 0 Å². The van der Waals surface area contributed by atoms with Crippen LogP contribution in [0.3, 0.4) is 0 Å². The summed E-state index contributed by atoms with van der Waals surface area (Å²) in [6, 6.07) is 0. The van der Waals surface area contributed by atoms with Crippen LogP contribution in [-0.2, 0) is 19.0 Å². The van der Waals surface area contributed by atoms with Crippen molar-refractivity contribution < 1.29 is 19.0 Å². The number of ether oxygens (including phenoxy) is 3. The van der Waals surface area contributed by atoms with Crippen LogP contribution in [0.25, 0.3) is 0 Å². The highest BCUT2D eigenvalue weighted by molar-refractivity contribution is 6.18. The Morgan fingerprint density at radius 1 is 1.36 bits per heavy atom. The summed E-state index contributed by atoms with van der Waals surface area (Å²) in [7, 11) is 0. The zero-order valence-electron chi connectivity index (χ0n) is 7.52. The van der Waals surface area contributed by atoms with Gasteiger partial charge in [-0.25, -0.2) is 0 Å². The van der Waals surface area contributed by atoms with Gasteiger partial charge in [-0.2, -0.15) is 0 Å². The van der Waals surface area contributed by atoms with Crippen molar-refractivity contribution >= 4 is 17.6 Å². The lowest BCUT2D eigenvalue weighted by Crippen LogP contribution is -2.32. The lowest BCUT2D eigenvalue weighted by molar-refractivity contribution is -0.150. The largest absolute Gasteiger partial charge is 0.464 e. The summed E-state index contributed by atoms with van der Waals surface area (Å²) >= 11 is 5.44. The van der Waals surface area contributed by atoms with E-state index in [1.165, 1.54) is 0 Å². The molecule has 0 radical (unpaired) electrons. The van der Waals surface area contributed by atoms with E-state index >= 15 is 0 Å². The van der Waals surface area contributed by atoms with Gasteiger partial charge in [-0.15, -0.1) is 11.6 Å². The molecular formula is C9H11ClO4. The second-order valence-electron chi connectivity index (χ2n) is 3.90. The van der Waals surface area contributed by atoms with E-state index in [-0.39, 0.29) is 42.9 Å². The van der Waals surface area contributed by atoms with Gasteiger partial charge in [0.25, 0.3) is 0 Å². The quantitative estimate of drug-likeness (QED) is 0.389. The number of fused-ring (bicyclic) bond motifs is 5. The fraction of sp³-hybridized carbons (Fsp3) is 0.889. The zero-order valence-corrected chi connectivity index (χ0v) is 8.27.